The molecule has 2 aromatic rings. The number of nitrogens with zero attached hydrogens (tertiary/aromatic N) is 1. The van der Waals surface area contributed by atoms with Crippen LogP contribution in [0.4, 0.5) is 11.5 Å². The van der Waals surface area contributed by atoms with Gasteiger partial charge in [-0.2, -0.15) is 0 Å². The number of benzene rings is 1. The Balaban J connectivity index is 2.25. The van der Waals surface area contributed by atoms with E-state index in [4.69, 9.17) is 17.4 Å². The Labute approximate surface area is 129 Å². The summed E-state index contributed by atoms with van der Waals surface area (Å²) >= 11 is 9.45. The van der Waals surface area contributed by atoms with Crippen molar-refractivity contribution in [2.45, 2.75) is 6.92 Å². The number of aryl methyl sites for hydroxylation is 1. The van der Waals surface area contributed by atoms with Crippen molar-refractivity contribution in [1.82, 2.24) is 4.98 Å². The molecule has 2 rings (SSSR count). The highest BCUT2D eigenvalue weighted by atomic mass is 79.9. The number of nitrogen functional groups attached to an aromatic ring is 1. The van der Waals surface area contributed by atoms with E-state index in [1.165, 1.54) is 6.20 Å². The minimum atomic E-state index is -0.274. The van der Waals surface area contributed by atoms with E-state index in [1.54, 1.807) is 18.2 Å². The second-order valence-electron chi connectivity index (χ2n) is 4.11. The van der Waals surface area contributed by atoms with Gasteiger partial charge in [0.2, 0.25) is 0 Å². The van der Waals surface area contributed by atoms with Crippen molar-refractivity contribution in [3.63, 3.8) is 0 Å². The van der Waals surface area contributed by atoms with Gasteiger partial charge < -0.3 is 10.7 Å². The zero-order valence-electron chi connectivity index (χ0n) is 10.6. The molecular weight excluding hydrogens is 344 g/mol. The molecule has 20 heavy (non-hydrogen) atoms. The average molecular weight is 356 g/mol. The molecule has 5 nitrogen and oxygen atoms in total. The van der Waals surface area contributed by atoms with E-state index < -0.39 is 0 Å². The van der Waals surface area contributed by atoms with Crippen LogP contribution in [0.3, 0.4) is 0 Å². The van der Waals surface area contributed by atoms with Crippen LogP contribution in [-0.2, 0) is 0 Å². The molecule has 1 amide bonds. The zero-order chi connectivity index (χ0) is 14.7. The van der Waals surface area contributed by atoms with Crippen molar-refractivity contribution in [3.05, 3.63) is 51.1 Å². The molecule has 1 heterocycles. The Morgan fingerprint density at radius 2 is 2.15 bits per heavy atom. The lowest BCUT2D eigenvalue weighted by Crippen LogP contribution is -2.14. The number of hydrogen-bond donors (Lipinski definition) is 3. The standard InChI is InChI=1S/C13H12BrClN4O/c1-7-4-9(14)11(6-10(7)15)18-13(20)8-2-3-17-12(5-8)19-16/h2-6H,16H2,1H3,(H,17,19)(H,18,20). The third kappa shape index (κ3) is 3.27. The lowest BCUT2D eigenvalue weighted by atomic mass is 10.2. The van der Waals surface area contributed by atoms with Gasteiger partial charge in [-0.05, 0) is 52.7 Å². The summed E-state index contributed by atoms with van der Waals surface area (Å²) in [6.45, 7) is 1.89. The van der Waals surface area contributed by atoms with Crippen molar-refractivity contribution in [3.8, 4) is 0 Å². The SMILES string of the molecule is Cc1cc(Br)c(NC(=O)c2ccnc(NN)c2)cc1Cl. The summed E-state index contributed by atoms with van der Waals surface area (Å²) < 4.78 is 0.763. The van der Waals surface area contributed by atoms with E-state index in [0.29, 0.717) is 22.1 Å². The van der Waals surface area contributed by atoms with Crippen LogP contribution in [0.25, 0.3) is 0 Å². The number of pyridine rings is 1. The predicted octanol–water partition coefficient (Wildman–Crippen LogP) is 3.34. The van der Waals surface area contributed by atoms with Gasteiger partial charge in [0.05, 0.1) is 5.69 Å². The van der Waals surface area contributed by atoms with Gasteiger partial charge in [-0.3, -0.25) is 4.79 Å². The maximum absolute atomic E-state index is 12.2. The van der Waals surface area contributed by atoms with Gasteiger partial charge in [0.15, 0.2) is 0 Å². The molecule has 0 bridgehead atoms. The molecule has 0 unspecified atom stereocenters. The van der Waals surface area contributed by atoms with E-state index in [-0.39, 0.29) is 5.91 Å². The van der Waals surface area contributed by atoms with Gasteiger partial charge in [0, 0.05) is 21.3 Å². The Kier molecular flexibility index (Phi) is 4.59. The largest absolute Gasteiger partial charge is 0.321 e. The molecule has 0 spiro atoms. The molecule has 4 N–H and O–H groups in total. The fourth-order valence-electron chi connectivity index (χ4n) is 1.59. The molecule has 0 saturated heterocycles. The first-order valence-corrected chi connectivity index (χ1v) is 6.88. The fraction of sp³-hybridized carbons (Fsp3) is 0.0769. The Morgan fingerprint density at radius 3 is 2.85 bits per heavy atom. The number of halogens is 2. The topological polar surface area (TPSA) is 80.0 Å². The van der Waals surface area contributed by atoms with Gasteiger partial charge in [-0.1, -0.05) is 11.6 Å². The minimum Gasteiger partial charge on any atom is -0.321 e. The van der Waals surface area contributed by atoms with Crippen LogP contribution in [0, 0.1) is 6.92 Å². The average Bonchev–Trinajstić information content (AvgIpc) is 2.44. The molecule has 0 aliphatic rings. The number of carbonyl (C=O) groups is 1. The Bertz CT molecular complexity index is 663. The number of nitrogens with two attached hydrogens (primary N) is 1. The number of aromatic nitrogens is 1. The molecule has 0 aliphatic carbocycles. The third-order valence-electron chi connectivity index (χ3n) is 2.67. The van der Waals surface area contributed by atoms with Crippen LogP contribution in [0.2, 0.25) is 5.02 Å². The maximum atomic E-state index is 12.2. The van der Waals surface area contributed by atoms with E-state index >= 15 is 0 Å². The second-order valence-corrected chi connectivity index (χ2v) is 5.37. The first kappa shape index (κ1) is 14.8. The number of nitrogens with one attached hydrogen (secondary N) is 2. The molecule has 1 aromatic carbocycles. The van der Waals surface area contributed by atoms with Crippen LogP contribution in [-0.4, -0.2) is 10.9 Å². The number of amides is 1. The summed E-state index contributed by atoms with van der Waals surface area (Å²) in [6, 6.07) is 6.69. The van der Waals surface area contributed by atoms with E-state index in [0.717, 1.165) is 10.0 Å². The minimum absolute atomic E-state index is 0.274. The van der Waals surface area contributed by atoms with Crippen molar-refractivity contribution >= 4 is 44.9 Å². The van der Waals surface area contributed by atoms with E-state index in [1.807, 2.05) is 13.0 Å². The summed E-state index contributed by atoms with van der Waals surface area (Å²) in [4.78, 5) is 16.1. The first-order valence-electron chi connectivity index (χ1n) is 5.71. The van der Waals surface area contributed by atoms with Gasteiger partial charge in [0.25, 0.3) is 5.91 Å². The number of hydrazine groups is 1. The van der Waals surface area contributed by atoms with Crippen molar-refractivity contribution in [2.75, 3.05) is 10.7 Å². The van der Waals surface area contributed by atoms with Crippen molar-refractivity contribution in [1.29, 1.82) is 0 Å². The molecule has 0 atom stereocenters. The lowest BCUT2D eigenvalue weighted by molar-refractivity contribution is 0.102. The number of carbonyl (C=O) groups excluding carboxylic acids is 1. The lowest BCUT2D eigenvalue weighted by Gasteiger charge is -2.10. The van der Waals surface area contributed by atoms with Gasteiger partial charge in [-0.25, -0.2) is 10.8 Å². The zero-order valence-corrected chi connectivity index (χ0v) is 12.9. The van der Waals surface area contributed by atoms with E-state index in [2.05, 4.69) is 31.7 Å². The Hall–Kier alpha value is -1.63. The van der Waals surface area contributed by atoms with Crippen LogP contribution in [0.15, 0.2) is 34.9 Å². The molecule has 104 valence electrons. The second kappa shape index (κ2) is 6.21. The molecule has 0 aliphatic heterocycles. The molecule has 0 saturated carbocycles. The predicted molar refractivity (Wildman–Crippen MR) is 83.9 cm³/mol. The molecular formula is C13H12BrClN4O. The normalized spacial score (nSPS) is 10.2. The molecule has 0 radical (unpaired) electrons. The summed E-state index contributed by atoms with van der Waals surface area (Å²) in [6.07, 6.45) is 1.50. The van der Waals surface area contributed by atoms with E-state index in [9.17, 15) is 4.79 Å². The van der Waals surface area contributed by atoms with Crippen LogP contribution in [0.1, 0.15) is 15.9 Å². The molecule has 1 aromatic heterocycles. The highest BCUT2D eigenvalue weighted by Crippen LogP contribution is 2.29. The summed E-state index contributed by atoms with van der Waals surface area (Å²) in [7, 11) is 0. The fourth-order valence-corrected chi connectivity index (χ4v) is 2.31. The Morgan fingerprint density at radius 1 is 1.40 bits per heavy atom. The smallest absolute Gasteiger partial charge is 0.255 e. The van der Waals surface area contributed by atoms with Crippen molar-refractivity contribution < 1.29 is 4.79 Å². The summed E-state index contributed by atoms with van der Waals surface area (Å²) in [5.41, 5.74) is 4.36. The summed E-state index contributed by atoms with van der Waals surface area (Å²) in [5, 5.41) is 3.36. The highest BCUT2D eigenvalue weighted by Gasteiger charge is 2.11. The molecule has 0 fully saturated rings. The van der Waals surface area contributed by atoms with Crippen LogP contribution >= 0.6 is 27.5 Å². The highest BCUT2D eigenvalue weighted by molar-refractivity contribution is 9.10. The number of hydrogen-bond acceptors (Lipinski definition) is 4. The monoisotopic (exact) mass is 354 g/mol. The quantitative estimate of drug-likeness (QED) is 0.583. The number of rotatable bonds is 3. The third-order valence-corrected chi connectivity index (χ3v) is 3.73. The first-order chi connectivity index (χ1) is 9.51. The van der Waals surface area contributed by atoms with Gasteiger partial charge in [-0.15, -0.1) is 0 Å². The van der Waals surface area contributed by atoms with Gasteiger partial charge in [0.1, 0.15) is 5.82 Å². The van der Waals surface area contributed by atoms with Crippen LogP contribution in [0.5, 0.6) is 0 Å². The van der Waals surface area contributed by atoms with Crippen LogP contribution < -0.4 is 16.6 Å². The maximum Gasteiger partial charge on any atom is 0.255 e. The number of anilines is 2. The van der Waals surface area contributed by atoms with Crippen molar-refractivity contribution in [2.24, 2.45) is 5.84 Å². The molecule has 7 heteroatoms. The summed E-state index contributed by atoms with van der Waals surface area (Å²) in [5.74, 6) is 5.40. The van der Waals surface area contributed by atoms with Gasteiger partial charge >= 0.3 is 0 Å².